The Bertz CT molecular complexity index is 1530. The zero-order valence-corrected chi connectivity index (χ0v) is 19.9. The van der Waals surface area contributed by atoms with Crippen molar-refractivity contribution in [2.24, 2.45) is 11.8 Å². The van der Waals surface area contributed by atoms with Gasteiger partial charge in [0.25, 0.3) is 0 Å². The molecule has 0 aliphatic carbocycles. The predicted octanol–water partition coefficient (Wildman–Crippen LogP) is 2.47. The summed E-state index contributed by atoms with van der Waals surface area (Å²) in [6.45, 7) is 0.740. The van der Waals surface area contributed by atoms with Crippen molar-refractivity contribution in [3.05, 3.63) is 77.6 Å². The standard InChI is InChI=1S/C28H22FN3O6/c29-15-3-7-19-18(12-15)28(27(36)30-19)24-23(20(31-28)11-14-1-5-17(33)6-2-14)25(34)32(26(24)35)16-4-8-21-22(13-16)38-10-9-37-21/h1-8,12-13,20,23-24,31,33H,9-11H2,(H,30,36)/t20-,23-,24-,28-/m1/s1. The van der Waals surface area contributed by atoms with Gasteiger partial charge >= 0.3 is 0 Å². The van der Waals surface area contributed by atoms with Gasteiger partial charge in [-0.3, -0.25) is 19.7 Å². The molecule has 0 radical (unpaired) electrons. The number of imide groups is 1. The molecule has 4 atom stereocenters. The Morgan fingerprint density at radius 2 is 1.71 bits per heavy atom. The molecule has 9 nitrogen and oxygen atoms in total. The Balaban J connectivity index is 1.35. The summed E-state index contributed by atoms with van der Waals surface area (Å²) in [6.07, 6.45) is 0.301. The van der Waals surface area contributed by atoms with Crippen LogP contribution in [0.15, 0.2) is 60.7 Å². The molecular weight excluding hydrogens is 493 g/mol. The van der Waals surface area contributed by atoms with Gasteiger partial charge in [-0.15, -0.1) is 0 Å². The molecule has 1 spiro atoms. The Morgan fingerprint density at radius 1 is 0.947 bits per heavy atom. The predicted molar refractivity (Wildman–Crippen MR) is 132 cm³/mol. The number of phenolic OH excluding ortho intramolecular Hbond substituents is 1. The minimum atomic E-state index is -1.63. The number of hydrogen-bond acceptors (Lipinski definition) is 7. The minimum absolute atomic E-state index is 0.0963. The molecule has 0 saturated carbocycles. The Hall–Kier alpha value is -4.44. The average Bonchev–Trinajstić information content (AvgIpc) is 3.49. The number of hydrogen-bond donors (Lipinski definition) is 3. The number of ether oxygens (including phenoxy) is 2. The summed E-state index contributed by atoms with van der Waals surface area (Å²) >= 11 is 0. The van der Waals surface area contributed by atoms with Crippen molar-refractivity contribution in [1.29, 1.82) is 0 Å². The summed E-state index contributed by atoms with van der Waals surface area (Å²) in [5.74, 6) is -3.04. The zero-order chi connectivity index (χ0) is 26.2. The summed E-state index contributed by atoms with van der Waals surface area (Å²) in [5, 5.41) is 15.8. The number of nitrogens with one attached hydrogen (secondary N) is 2. The zero-order valence-electron chi connectivity index (χ0n) is 19.9. The van der Waals surface area contributed by atoms with Gasteiger partial charge in [-0.25, -0.2) is 9.29 Å². The van der Waals surface area contributed by atoms with Crippen LogP contribution in [-0.4, -0.2) is 42.1 Å². The average molecular weight is 515 g/mol. The summed E-state index contributed by atoms with van der Waals surface area (Å²) in [4.78, 5) is 42.8. The lowest BCUT2D eigenvalue weighted by molar-refractivity contribution is -0.130. The maximum Gasteiger partial charge on any atom is 0.250 e. The van der Waals surface area contributed by atoms with Gasteiger partial charge in [0.2, 0.25) is 17.7 Å². The van der Waals surface area contributed by atoms with Crippen molar-refractivity contribution in [2.75, 3.05) is 23.4 Å². The fourth-order valence-corrected chi connectivity index (χ4v) is 6.26. The fourth-order valence-electron chi connectivity index (χ4n) is 6.26. The number of anilines is 2. The van der Waals surface area contributed by atoms with Crippen LogP contribution in [0.25, 0.3) is 0 Å². The van der Waals surface area contributed by atoms with E-state index in [1.165, 1.54) is 30.3 Å². The highest BCUT2D eigenvalue weighted by molar-refractivity contribution is 6.26. The number of phenols is 1. The van der Waals surface area contributed by atoms with E-state index in [0.717, 1.165) is 10.5 Å². The van der Waals surface area contributed by atoms with Gasteiger partial charge in [0.05, 0.1) is 17.5 Å². The molecule has 0 aromatic heterocycles. The quantitative estimate of drug-likeness (QED) is 0.459. The highest BCUT2D eigenvalue weighted by Crippen LogP contribution is 2.54. The topological polar surface area (TPSA) is 117 Å². The smallest absolute Gasteiger partial charge is 0.250 e. The molecule has 7 rings (SSSR count). The van der Waals surface area contributed by atoms with E-state index in [0.29, 0.717) is 48.1 Å². The van der Waals surface area contributed by atoms with Crippen LogP contribution in [0.1, 0.15) is 11.1 Å². The largest absolute Gasteiger partial charge is 0.508 e. The van der Waals surface area contributed by atoms with Crippen molar-refractivity contribution in [3.8, 4) is 17.2 Å². The van der Waals surface area contributed by atoms with E-state index in [-0.39, 0.29) is 5.75 Å². The maximum absolute atomic E-state index is 14.4. The van der Waals surface area contributed by atoms with Crippen molar-refractivity contribution >= 4 is 29.1 Å². The molecule has 3 aromatic rings. The van der Waals surface area contributed by atoms with Crippen molar-refractivity contribution < 1.29 is 33.4 Å². The van der Waals surface area contributed by atoms with Crippen molar-refractivity contribution in [1.82, 2.24) is 5.32 Å². The summed E-state index contributed by atoms with van der Waals surface area (Å²) in [7, 11) is 0. The molecule has 2 fully saturated rings. The lowest BCUT2D eigenvalue weighted by Crippen LogP contribution is -2.53. The van der Waals surface area contributed by atoms with Gasteiger partial charge in [-0.2, -0.15) is 0 Å². The first-order valence-electron chi connectivity index (χ1n) is 12.3. The maximum atomic E-state index is 14.4. The Kier molecular flexibility index (Phi) is 4.80. The summed E-state index contributed by atoms with van der Waals surface area (Å²) < 4.78 is 25.7. The van der Waals surface area contributed by atoms with E-state index < -0.39 is 47.0 Å². The van der Waals surface area contributed by atoms with Crippen molar-refractivity contribution in [3.63, 3.8) is 0 Å². The van der Waals surface area contributed by atoms with Gasteiger partial charge in [-0.1, -0.05) is 12.1 Å². The number of amides is 3. The first-order chi connectivity index (χ1) is 18.4. The second-order valence-electron chi connectivity index (χ2n) is 9.92. The highest BCUT2D eigenvalue weighted by atomic mass is 19.1. The Morgan fingerprint density at radius 3 is 2.50 bits per heavy atom. The number of carbonyl (C=O) groups excluding carboxylic acids is 3. The van der Waals surface area contributed by atoms with Crippen LogP contribution in [0, 0.1) is 17.7 Å². The molecule has 0 bridgehead atoms. The molecule has 4 aliphatic rings. The first-order valence-corrected chi connectivity index (χ1v) is 12.3. The molecule has 2 saturated heterocycles. The monoisotopic (exact) mass is 515 g/mol. The number of aromatic hydroxyl groups is 1. The minimum Gasteiger partial charge on any atom is -0.508 e. The third kappa shape index (κ3) is 3.10. The number of rotatable bonds is 3. The number of halogens is 1. The molecule has 3 amide bonds. The Labute approximate surface area is 216 Å². The van der Waals surface area contributed by atoms with Crippen LogP contribution < -0.4 is 25.0 Å². The van der Waals surface area contributed by atoms with Crippen LogP contribution in [-0.2, 0) is 26.3 Å². The molecule has 4 aliphatic heterocycles. The van der Waals surface area contributed by atoms with E-state index in [9.17, 15) is 23.9 Å². The van der Waals surface area contributed by atoms with Crippen LogP contribution in [0.3, 0.4) is 0 Å². The van der Waals surface area contributed by atoms with E-state index in [1.807, 2.05) is 0 Å². The summed E-state index contributed by atoms with van der Waals surface area (Å²) in [6, 6.07) is 14.7. The van der Waals surface area contributed by atoms with Gasteiger partial charge < -0.3 is 19.9 Å². The lowest BCUT2D eigenvalue weighted by atomic mass is 9.76. The number of fused-ring (bicyclic) bond motifs is 5. The number of carbonyl (C=O) groups is 3. The first kappa shape index (κ1) is 22.7. The third-order valence-corrected chi connectivity index (χ3v) is 7.85. The second kappa shape index (κ2) is 8.03. The lowest BCUT2D eigenvalue weighted by Gasteiger charge is -2.30. The molecule has 0 unspecified atom stereocenters. The van der Waals surface area contributed by atoms with E-state index in [2.05, 4.69) is 10.6 Å². The third-order valence-electron chi connectivity index (χ3n) is 7.85. The number of nitrogens with zero attached hydrogens (tertiary/aromatic N) is 1. The number of benzene rings is 3. The van der Waals surface area contributed by atoms with Crippen LogP contribution in [0.5, 0.6) is 17.2 Å². The normalized spacial score (nSPS) is 27.0. The molecule has 10 heteroatoms. The van der Waals surface area contributed by atoms with E-state index in [4.69, 9.17) is 9.47 Å². The summed E-state index contributed by atoms with van der Waals surface area (Å²) in [5.41, 5.74) is 0.183. The second-order valence-corrected chi connectivity index (χ2v) is 9.92. The van der Waals surface area contributed by atoms with Crippen molar-refractivity contribution in [2.45, 2.75) is 18.0 Å². The van der Waals surface area contributed by atoms with Crippen LogP contribution in [0.2, 0.25) is 0 Å². The van der Waals surface area contributed by atoms with Gasteiger partial charge in [0, 0.05) is 23.4 Å². The molecule has 4 heterocycles. The highest BCUT2D eigenvalue weighted by Gasteiger charge is 2.70. The molecule has 3 aromatic carbocycles. The van der Waals surface area contributed by atoms with Gasteiger partial charge in [-0.05, 0) is 54.4 Å². The molecule has 38 heavy (non-hydrogen) atoms. The van der Waals surface area contributed by atoms with Gasteiger partial charge in [0.1, 0.15) is 30.3 Å². The van der Waals surface area contributed by atoms with Gasteiger partial charge in [0.15, 0.2) is 11.5 Å². The molecular formula is C28H22FN3O6. The molecule has 3 N–H and O–H groups in total. The van der Waals surface area contributed by atoms with E-state index >= 15 is 0 Å². The van der Waals surface area contributed by atoms with Crippen LogP contribution in [0.4, 0.5) is 15.8 Å². The van der Waals surface area contributed by atoms with E-state index in [1.54, 1.807) is 30.3 Å². The SMILES string of the molecule is O=C1[C@@H]2[C@@H](Cc3ccc(O)cc3)N[C@@]3(C(=O)Nc4ccc(F)cc43)[C@H]2C(=O)N1c1ccc2c(c1)OCCO2. The van der Waals surface area contributed by atoms with Crippen LogP contribution >= 0.6 is 0 Å². The fraction of sp³-hybridized carbons (Fsp3) is 0.250. The molecule has 192 valence electrons.